The van der Waals surface area contributed by atoms with Gasteiger partial charge in [-0.15, -0.1) is 0 Å². The predicted molar refractivity (Wildman–Crippen MR) is 124 cm³/mol. The molecule has 0 saturated heterocycles. The first-order valence-corrected chi connectivity index (χ1v) is 12.3. The van der Waals surface area contributed by atoms with E-state index in [4.69, 9.17) is 20.2 Å². The van der Waals surface area contributed by atoms with E-state index in [1.807, 2.05) is 0 Å². The quantitative estimate of drug-likeness (QED) is 0.629. The molecule has 1 aliphatic heterocycles. The van der Waals surface area contributed by atoms with Gasteiger partial charge in [-0.1, -0.05) is 31.0 Å². The number of benzene rings is 1. The van der Waals surface area contributed by atoms with E-state index in [0.717, 1.165) is 56.4 Å². The summed E-state index contributed by atoms with van der Waals surface area (Å²) >= 11 is 0. The van der Waals surface area contributed by atoms with Gasteiger partial charge >= 0.3 is 0 Å². The van der Waals surface area contributed by atoms with Crippen molar-refractivity contribution in [2.24, 2.45) is 22.1 Å². The lowest BCUT2D eigenvalue weighted by Gasteiger charge is -2.45. The number of nitrogens with zero attached hydrogens (tertiary/aromatic N) is 2. The molecule has 174 valence electrons. The van der Waals surface area contributed by atoms with E-state index in [1.165, 1.54) is 30.4 Å². The monoisotopic (exact) mass is 439 g/mol. The molecule has 1 atom stereocenters. The molecule has 1 unspecified atom stereocenters. The van der Waals surface area contributed by atoms with Crippen LogP contribution in [0, 0.1) is 11.3 Å². The van der Waals surface area contributed by atoms with Crippen molar-refractivity contribution in [2.45, 2.75) is 75.9 Å². The van der Waals surface area contributed by atoms with E-state index >= 15 is 0 Å². The van der Waals surface area contributed by atoms with Gasteiger partial charge in [0.1, 0.15) is 0 Å². The lowest BCUT2D eigenvalue weighted by atomic mass is 9.61. The lowest BCUT2D eigenvalue weighted by molar-refractivity contribution is -0.138. The molecule has 0 aromatic heterocycles. The molecule has 3 aliphatic carbocycles. The van der Waals surface area contributed by atoms with Crippen LogP contribution < -0.4 is 5.73 Å². The van der Waals surface area contributed by atoms with E-state index in [9.17, 15) is 4.79 Å². The van der Waals surface area contributed by atoms with Crippen LogP contribution in [-0.2, 0) is 32.6 Å². The smallest absolute Gasteiger partial charge is 0.262 e. The number of carbonyl (C=O) groups excluding carboxylic acids is 1. The number of aliphatic imine (C=N–C) groups is 1. The molecule has 0 bridgehead atoms. The molecule has 32 heavy (non-hydrogen) atoms. The van der Waals surface area contributed by atoms with Crippen molar-refractivity contribution in [3.05, 3.63) is 34.9 Å². The van der Waals surface area contributed by atoms with Gasteiger partial charge in [0.15, 0.2) is 11.5 Å². The van der Waals surface area contributed by atoms with Gasteiger partial charge in [-0.2, -0.15) is 0 Å². The van der Waals surface area contributed by atoms with Gasteiger partial charge in [-0.3, -0.25) is 9.69 Å². The number of guanidine groups is 1. The molecule has 6 heteroatoms. The minimum atomic E-state index is -0.881. The molecule has 1 aromatic carbocycles. The number of amides is 1. The van der Waals surface area contributed by atoms with E-state index in [0.29, 0.717) is 19.1 Å². The second kappa shape index (κ2) is 8.45. The summed E-state index contributed by atoms with van der Waals surface area (Å²) in [4.78, 5) is 21.0. The SMILES string of the molecule is COCCCN1C(=O)C2(N=C1N)c1cc(CCC3CC3)ccc1CC21CCC(OC)CC1. The van der Waals surface area contributed by atoms with Crippen LogP contribution >= 0.6 is 0 Å². The van der Waals surface area contributed by atoms with Crippen molar-refractivity contribution in [3.63, 3.8) is 0 Å². The second-order valence-electron chi connectivity index (χ2n) is 10.3. The Balaban J connectivity index is 1.52. The fourth-order valence-corrected chi connectivity index (χ4v) is 6.43. The molecule has 5 rings (SSSR count). The Morgan fingerprint density at radius 2 is 1.97 bits per heavy atom. The van der Waals surface area contributed by atoms with Crippen LogP contribution in [-0.4, -0.2) is 50.2 Å². The number of fused-ring (bicyclic) bond motifs is 3. The number of rotatable bonds is 8. The van der Waals surface area contributed by atoms with Crippen LogP contribution in [0.3, 0.4) is 0 Å². The molecule has 1 amide bonds. The minimum Gasteiger partial charge on any atom is -0.385 e. The third kappa shape index (κ3) is 3.47. The standard InChI is InChI=1S/C26H37N3O3/c1-31-15-3-14-29-23(30)26(28-24(29)27)22-16-19(7-6-18-4-5-18)8-9-20(22)17-25(26)12-10-21(32-2)11-13-25/h8-9,16,18,21H,3-7,10-15,17H2,1-2H3,(H2,27,28). The normalized spacial score (nSPS) is 31.6. The van der Waals surface area contributed by atoms with Crippen LogP contribution in [0.25, 0.3) is 0 Å². The van der Waals surface area contributed by atoms with Crippen LogP contribution in [0.15, 0.2) is 23.2 Å². The van der Waals surface area contributed by atoms with E-state index in [1.54, 1.807) is 19.1 Å². The van der Waals surface area contributed by atoms with Crippen molar-refractivity contribution in [3.8, 4) is 0 Å². The molecule has 2 saturated carbocycles. The highest BCUT2D eigenvalue weighted by Crippen LogP contribution is 2.62. The van der Waals surface area contributed by atoms with E-state index in [2.05, 4.69) is 18.2 Å². The number of methoxy groups -OCH3 is 2. The third-order valence-corrected chi connectivity index (χ3v) is 8.47. The minimum absolute atomic E-state index is 0.0695. The highest BCUT2D eigenvalue weighted by atomic mass is 16.5. The fourth-order valence-electron chi connectivity index (χ4n) is 6.43. The van der Waals surface area contributed by atoms with Gasteiger partial charge in [0.25, 0.3) is 5.91 Å². The zero-order valence-electron chi connectivity index (χ0n) is 19.6. The first-order valence-electron chi connectivity index (χ1n) is 12.3. The Bertz CT molecular complexity index is 902. The van der Waals surface area contributed by atoms with Crippen LogP contribution in [0.5, 0.6) is 0 Å². The fraction of sp³-hybridized carbons (Fsp3) is 0.692. The topological polar surface area (TPSA) is 77.2 Å². The zero-order chi connectivity index (χ0) is 22.3. The van der Waals surface area contributed by atoms with Crippen molar-refractivity contribution in [2.75, 3.05) is 27.4 Å². The predicted octanol–water partition coefficient (Wildman–Crippen LogP) is 3.55. The average molecular weight is 440 g/mol. The summed E-state index contributed by atoms with van der Waals surface area (Å²) in [7, 11) is 3.48. The number of carbonyl (C=O) groups is 1. The molecular weight excluding hydrogens is 402 g/mol. The summed E-state index contributed by atoms with van der Waals surface area (Å²) in [6.07, 6.45) is 10.8. The van der Waals surface area contributed by atoms with Crippen molar-refractivity contribution >= 4 is 11.9 Å². The molecule has 2 spiro atoms. The Hall–Kier alpha value is -1.92. The summed E-state index contributed by atoms with van der Waals surface area (Å²) in [5.41, 5.74) is 9.07. The van der Waals surface area contributed by atoms with Crippen LogP contribution in [0.4, 0.5) is 0 Å². The summed E-state index contributed by atoms with van der Waals surface area (Å²) in [6.45, 7) is 1.16. The molecule has 1 aromatic rings. The number of hydrogen-bond acceptors (Lipinski definition) is 5. The molecule has 1 heterocycles. The molecule has 2 N–H and O–H groups in total. The lowest BCUT2D eigenvalue weighted by Crippen LogP contribution is -2.52. The van der Waals surface area contributed by atoms with Crippen molar-refractivity contribution in [1.82, 2.24) is 4.90 Å². The van der Waals surface area contributed by atoms with Gasteiger partial charge in [0.2, 0.25) is 0 Å². The second-order valence-corrected chi connectivity index (χ2v) is 10.3. The van der Waals surface area contributed by atoms with Gasteiger partial charge in [0, 0.05) is 32.8 Å². The summed E-state index contributed by atoms with van der Waals surface area (Å²) in [5.74, 6) is 1.33. The molecule has 4 aliphatic rings. The van der Waals surface area contributed by atoms with Gasteiger partial charge in [-0.05, 0) is 74.0 Å². The number of nitrogens with two attached hydrogens (primary N) is 1. The van der Waals surface area contributed by atoms with Crippen LogP contribution in [0.2, 0.25) is 0 Å². The molecule has 6 nitrogen and oxygen atoms in total. The first kappa shape index (κ1) is 21.9. The molecular formula is C26H37N3O3. The maximum Gasteiger partial charge on any atom is 0.262 e. The summed E-state index contributed by atoms with van der Waals surface area (Å²) < 4.78 is 10.9. The van der Waals surface area contributed by atoms with E-state index in [-0.39, 0.29) is 17.4 Å². The molecule has 2 fully saturated rings. The number of aryl methyl sites for hydroxylation is 1. The average Bonchev–Trinajstić information content (AvgIpc) is 3.55. The first-order chi connectivity index (χ1) is 15.5. The Morgan fingerprint density at radius 3 is 2.66 bits per heavy atom. The third-order valence-electron chi connectivity index (χ3n) is 8.47. The summed E-state index contributed by atoms with van der Waals surface area (Å²) in [6, 6.07) is 6.84. The van der Waals surface area contributed by atoms with Gasteiger partial charge < -0.3 is 15.2 Å². The van der Waals surface area contributed by atoms with Gasteiger partial charge in [0.05, 0.1) is 6.10 Å². The largest absolute Gasteiger partial charge is 0.385 e. The Kier molecular flexibility index (Phi) is 5.79. The maximum absolute atomic E-state index is 14.2. The van der Waals surface area contributed by atoms with Crippen LogP contribution in [0.1, 0.15) is 68.1 Å². The highest BCUT2D eigenvalue weighted by molar-refractivity contribution is 6.08. The highest BCUT2D eigenvalue weighted by Gasteiger charge is 2.66. The van der Waals surface area contributed by atoms with Crippen molar-refractivity contribution in [1.29, 1.82) is 0 Å². The number of ether oxygens (including phenoxy) is 2. The molecule has 0 radical (unpaired) electrons. The maximum atomic E-state index is 14.2. The van der Waals surface area contributed by atoms with Crippen molar-refractivity contribution < 1.29 is 14.3 Å². The Morgan fingerprint density at radius 1 is 1.19 bits per heavy atom. The van der Waals surface area contributed by atoms with Gasteiger partial charge in [-0.25, -0.2) is 4.99 Å². The summed E-state index contributed by atoms with van der Waals surface area (Å²) in [5, 5.41) is 0. The van der Waals surface area contributed by atoms with E-state index < -0.39 is 5.54 Å². The Labute approximate surface area is 191 Å². The zero-order valence-corrected chi connectivity index (χ0v) is 19.6. The number of hydrogen-bond donors (Lipinski definition) is 1.